The van der Waals surface area contributed by atoms with E-state index in [0.717, 1.165) is 27.4 Å². The second kappa shape index (κ2) is 8.21. The van der Waals surface area contributed by atoms with Crippen molar-refractivity contribution in [3.63, 3.8) is 0 Å². The number of aryl methyl sites for hydroxylation is 1. The molecule has 0 radical (unpaired) electrons. The van der Waals surface area contributed by atoms with Gasteiger partial charge in [-0.1, -0.05) is 48.5 Å². The van der Waals surface area contributed by atoms with Crippen LogP contribution in [-0.4, -0.2) is 35.8 Å². The standard InChI is InChI=1S/C24H20N2O4/c1-15-23(19-8-4-5-9-20(19)26-15)21(27)14-30-22(28)13-25-24(29)18-11-10-16-6-2-3-7-17(16)12-18/h2-12,26H,13-14H2,1H3,(H,25,29). The first-order chi connectivity index (χ1) is 14.5. The average molecular weight is 400 g/mol. The molecule has 0 bridgehead atoms. The fourth-order valence-corrected chi connectivity index (χ4v) is 3.49. The zero-order chi connectivity index (χ0) is 21.1. The third kappa shape index (κ3) is 3.93. The molecule has 3 aromatic carbocycles. The molecule has 0 atom stereocenters. The molecular weight excluding hydrogens is 380 g/mol. The van der Waals surface area contributed by atoms with E-state index in [0.29, 0.717) is 11.1 Å². The number of para-hydroxylation sites is 1. The van der Waals surface area contributed by atoms with Gasteiger partial charge in [0.15, 0.2) is 6.61 Å². The second-order valence-electron chi connectivity index (χ2n) is 7.00. The van der Waals surface area contributed by atoms with E-state index in [9.17, 15) is 14.4 Å². The molecule has 30 heavy (non-hydrogen) atoms. The molecule has 0 spiro atoms. The monoisotopic (exact) mass is 400 g/mol. The summed E-state index contributed by atoms with van der Waals surface area (Å²) in [7, 11) is 0. The van der Waals surface area contributed by atoms with Gasteiger partial charge in [-0.15, -0.1) is 0 Å². The lowest BCUT2D eigenvalue weighted by Gasteiger charge is -2.07. The number of amides is 1. The number of H-pyrrole nitrogens is 1. The van der Waals surface area contributed by atoms with Crippen LogP contribution < -0.4 is 5.32 Å². The number of carbonyl (C=O) groups excluding carboxylic acids is 3. The van der Waals surface area contributed by atoms with Crippen molar-refractivity contribution < 1.29 is 19.1 Å². The van der Waals surface area contributed by atoms with Crippen molar-refractivity contribution in [3.8, 4) is 0 Å². The van der Waals surface area contributed by atoms with Crippen LogP contribution >= 0.6 is 0 Å². The highest BCUT2D eigenvalue weighted by atomic mass is 16.5. The molecule has 4 rings (SSSR count). The number of benzene rings is 3. The molecule has 4 aromatic rings. The number of Topliss-reactive ketones (excluding diaryl/α,β-unsaturated/α-hetero) is 1. The Morgan fingerprint density at radius 1 is 0.933 bits per heavy atom. The van der Waals surface area contributed by atoms with Crippen LogP contribution in [0.2, 0.25) is 0 Å². The summed E-state index contributed by atoms with van der Waals surface area (Å²) in [6.07, 6.45) is 0. The highest BCUT2D eigenvalue weighted by Crippen LogP contribution is 2.22. The number of carbonyl (C=O) groups is 3. The van der Waals surface area contributed by atoms with Crippen LogP contribution in [0.25, 0.3) is 21.7 Å². The van der Waals surface area contributed by atoms with Gasteiger partial charge in [0.05, 0.1) is 0 Å². The predicted octanol–water partition coefficient (Wildman–Crippen LogP) is 3.79. The summed E-state index contributed by atoms with van der Waals surface area (Å²) >= 11 is 0. The largest absolute Gasteiger partial charge is 0.456 e. The van der Waals surface area contributed by atoms with E-state index < -0.39 is 5.97 Å². The molecule has 0 fully saturated rings. The van der Waals surface area contributed by atoms with Crippen molar-refractivity contribution in [2.24, 2.45) is 0 Å². The molecule has 0 aliphatic carbocycles. The number of rotatable bonds is 6. The Hall–Kier alpha value is -3.93. The van der Waals surface area contributed by atoms with Gasteiger partial charge in [0, 0.05) is 27.7 Å². The van der Waals surface area contributed by atoms with E-state index in [1.165, 1.54) is 0 Å². The highest BCUT2D eigenvalue weighted by Gasteiger charge is 2.18. The third-order valence-electron chi connectivity index (χ3n) is 4.94. The normalized spacial score (nSPS) is 10.8. The minimum Gasteiger partial charge on any atom is -0.456 e. The third-order valence-corrected chi connectivity index (χ3v) is 4.94. The van der Waals surface area contributed by atoms with Crippen molar-refractivity contribution >= 4 is 39.3 Å². The van der Waals surface area contributed by atoms with Crippen LogP contribution in [0, 0.1) is 6.92 Å². The Balaban J connectivity index is 1.33. The fraction of sp³-hybridized carbons (Fsp3) is 0.125. The summed E-state index contributed by atoms with van der Waals surface area (Å²) in [5, 5.41) is 5.29. The van der Waals surface area contributed by atoms with Gasteiger partial charge in [0.2, 0.25) is 5.78 Å². The van der Waals surface area contributed by atoms with Gasteiger partial charge in [0.1, 0.15) is 6.54 Å². The number of ketones is 1. The summed E-state index contributed by atoms with van der Waals surface area (Å²) in [5.74, 6) is -1.34. The van der Waals surface area contributed by atoms with Crippen LogP contribution in [0.15, 0.2) is 66.7 Å². The van der Waals surface area contributed by atoms with Gasteiger partial charge >= 0.3 is 5.97 Å². The first kappa shape index (κ1) is 19.4. The zero-order valence-electron chi connectivity index (χ0n) is 16.4. The van der Waals surface area contributed by atoms with Crippen LogP contribution in [0.3, 0.4) is 0 Å². The maximum absolute atomic E-state index is 12.5. The predicted molar refractivity (Wildman–Crippen MR) is 115 cm³/mol. The maximum Gasteiger partial charge on any atom is 0.325 e. The van der Waals surface area contributed by atoms with Crippen LogP contribution in [0.4, 0.5) is 0 Å². The Morgan fingerprint density at radius 2 is 1.67 bits per heavy atom. The Morgan fingerprint density at radius 3 is 2.50 bits per heavy atom. The summed E-state index contributed by atoms with van der Waals surface area (Å²) in [4.78, 5) is 40.0. The number of ether oxygens (including phenoxy) is 1. The molecule has 6 heteroatoms. The number of hydrogen-bond acceptors (Lipinski definition) is 4. The summed E-state index contributed by atoms with van der Waals surface area (Å²) < 4.78 is 5.07. The highest BCUT2D eigenvalue weighted by molar-refractivity contribution is 6.10. The van der Waals surface area contributed by atoms with Crippen molar-refractivity contribution in [1.82, 2.24) is 10.3 Å². The first-order valence-electron chi connectivity index (χ1n) is 9.56. The molecule has 1 amide bonds. The summed E-state index contributed by atoms with van der Waals surface area (Å²) in [5.41, 5.74) is 2.54. The van der Waals surface area contributed by atoms with Crippen molar-refractivity contribution in [2.75, 3.05) is 13.2 Å². The van der Waals surface area contributed by atoms with Crippen LogP contribution in [0.1, 0.15) is 26.4 Å². The molecule has 2 N–H and O–H groups in total. The lowest BCUT2D eigenvalue weighted by molar-refractivity contribution is -0.141. The minimum atomic E-state index is -0.671. The van der Waals surface area contributed by atoms with E-state index in [-0.39, 0.29) is 24.8 Å². The number of fused-ring (bicyclic) bond motifs is 2. The van der Waals surface area contributed by atoms with Gasteiger partial charge in [-0.3, -0.25) is 14.4 Å². The van der Waals surface area contributed by atoms with E-state index in [2.05, 4.69) is 10.3 Å². The number of aromatic amines is 1. The lowest BCUT2D eigenvalue weighted by Crippen LogP contribution is -2.31. The zero-order valence-corrected chi connectivity index (χ0v) is 16.4. The van der Waals surface area contributed by atoms with Crippen molar-refractivity contribution in [1.29, 1.82) is 0 Å². The van der Waals surface area contributed by atoms with Crippen molar-refractivity contribution in [3.05, 3.63) is 83.6 Å². The molecule has 1 aromatic heterocycles. The van der Waals surface area contributed by atoms with Crippen LogP contribution in [0.5, 0.6) is 0 Å². The molecule has 6 nitrogen and oxygen atoms in total. The SMILES string of the molecule is Cc1[nH]c2ccccc2c1C(=O)COC(=O)CNC(=O)c1ccc2ccccc2c1. The molecule has 1 heterocycles. The minimum absolute atomic E-state index is 0.292. The Bertz CT molecular complexity index is 1270. The van der Waals surface area contributed by atoms with E-state index in [4.69, 9.17) is 4.74 Å². The molecular formula is C24H20N2O4. The lowest BCUT2D eigenvalue weighted by atomic mass is 10.1. The first-order valence-corrected chi connectivity index (χ1v) is 9.56. The van der Waals surface area contributed by atoms with E-state index >= 15 is 0 Å². The molecule has 0 saturated heterocycles. The average Bonchev–Trinajstić information content (AvgIpc) is 3.11. The smallest absolute Gasteiger partial charge is 0.325 e. The van der Waals surface area contributed by atoms with Gasteiger partial charge in [-0.05, 0) is 35.9 Å². The number of aromatic nitrogens is 1. The van der Waals surface area contributed by atoms with E-state index in [1.807, 2.05) is 54.6 Å². The van der Waals surface area contributed by atoms with Gasteiger partial charge in [0.25, 0.3) is 5.91 Å². The van der Waals surface area contributed by atoms with Crippen LogP contribution in [-0.2, 0) is 9.53 Å². The Kier molecular flexibility index (Phi) is 5.30. The summed E-state index contributed by atoms with van der Waals surface area (Å²) in [6, 6.07) is 20.5. The van der Waals surface area contributed by atoms with Gasteiger partial charge in [-0.2, -0.15) is 0 Å². The van der Waals surface area contributed by atoms with Gasteiger partial charge in [-0.25, -0.2) is 0 Å². The molecule has 0 aliphatic rings. The molecule has 0 saturated carbocycles. The number of hydrogen-bond donors (Lipinski definition) is 2. The summed E-state index contributed by atoms with van der Waals surface area (Å²) in [6.45, 7) is 1.11. The molecule has 0 unspecified atom stereocenters. The maximum atomic E-state index is 12.5. The Labute approximate surface area is 172 Å². The quantitative estimate of drug-likeness (QED) is 0.381. The number of esters is 1. The molecule has 150 valence electrons. The van der Waals surface area contributed by atoms with E-state index in [1.54, 1.807) is 19.1 Å². The topological polar surface area (TPSA) is 88.3 Å². The van der Waals surface area contributed by atoms with Gasteiger partial charge < -0.3 is 15.0 Å². The fourth-order valence-electron chi connectivity index (χ4n) is 3.49. The van der Waals surface area contributed by atoms with Crippen molar-refractivity contribution in [2.45, 2.75) is 6.92 Å². The second-order valence-corrected chi connectivity index (χ2v) is 7.00. The molecule has 0 aliphatic heterocycles. The number of nitrogens with one attached hydrogen (secondary N) is 2.